The molecule has 1 aliphatic rings. The van der Waals surface area contributed by atoms with E-state index < -0.39 is 0 Å². The molecule has 2 aromatic rings. The molecule has 2 heterocycles. The molecule has 0 unspecified atom stereocenters. The fraction of sp³-hybridized carbons (Fsp3) is 0.438. The first-order chi connectivity index (χ1) is 11.2. The van der Waals surface area contributed by atoms with Gasteiger partial charge in [0.1, 0.15) is 6.33 Å². The first-order valence-electron chi connectivity index (χ1n) is 7.76. The van der Waals surface area contributed by atoms with Crippen LogP contribution in [0.3, 0.4) is 0 Å². The fourth-order valence-electron chi connectivity index (χ4n) is 2.82. The molecule has 1 aromatic heterocycles. The minimum atomic E-state index is -0.170. The zero-order valence-corrected chi connectivity index (χ0v) is 13.2. The fourth-order valence-corrected chi connectivity index (χ4v) is 2.82. The molecule has 1 aliphatic heterocycles. The number of hydrogen-bond donors (Lipinski definition) is 2. The van der Waals surface area contributed by atoms with Gasteiger partial charge in [-0.05, 0) is 25.0 Å². The van der Waals surface area contributed by atoms with Gasteiger partial charge in [0.25, 0.3) is 0 Å². The average Bonchev–Trinajstić information content (AvgIpc) is 3.11. The second kappa shape index (κ2) is 7.23. The summed E-state index contributed by atoms with van der Waals surface area (Å²) in [7, 11) is 1.43. The van der Waals surface area contributed by atoms with Crippen molar-refractivity contribution >= 4 is 11.7 Å². The molecule has 0 amide bonds. The quantitative estimate of drug-likeness (QED) is 0.814. The number of nitrogens with zero attached hydrogens (tertiary/aromatic N) is 3. The Bertz CT molecular complexity index is 636. The highest BCUT2D eigenvalue weighted by Crippen LogP contribution is 2.21. The smallest absolute Gasteiger partial charge is 0.319 e. The molecule has 1 saturated heterocycles. The third kappa shape index (κ3) is 4.07. The van der Waals surface area contributed by atoms with Crippen LogP contribution >= 0.6 is 0 Å². The predicted molar refractivity (Wildman–Crippen MR) is 86.9 cm³/mol. The maximum atomic E-state index is 11.3. The molecule has 0 saturated carbocycles. The molecule has 2 N–H and O–H groups in total. The van der Waals surface area contributed by atoms with E-state index >= 15 is 0 Å². The molecule has 1 aromatic carbocycles. The van der Waals surface area contributed by atoms with Crippen molar-refractivity contribution in [2.24, 2.45) is 0 Å². The van der Waals surface area contributed by atoms with Crippen molar-refractivity contribution in [1.29, 1.82) is 0 Å². The lowest BCUT2D eigenvalue weighted by atomic mass is 10.0. The molecule has 0 radical (unpaired) electrons. The van der Waals surface area contributed by atoms with E-state index in [1.807, 2.05) is 12.1 Å². The number of esters is 1. The number of carbonyl (C=O) groups excluding carboxylic acids is 1. The van der Waals surface area contributed by atoms with Crippen LogP contribution in [0.2, 0.25) is 0 Å². The van der Waals surface area contributed by atoms with Crippen LogP contribution in [0.4, 0.5) is 5.69 Å². The summed E-state index contributed by atoms with van der Waals surface area (Å²) >= 11 is 0. The minimum Gasteiger partial charge on any atom is -0.468 e. The van der Waals surface area contributed by atoms with Crippen LogP contribution in [0.5, 0.6) is 0 Å². The summed E-state index contributed by atoms with van der Waals surface area (Å²) < 4.78 is 4.71. The number of ether oxygens (including phenoxy) is 1. The Kier molecular flexibility index (Phi) is 4.87. The zero-order valence-electron chi connectivity index (χ0n) is 13.2. The molecule has 0 atom stereocenters. The van der Waals surface area contributed by atoms with Gasteiger partial charge in [-0.2, -0.15) is 5.10 Å². The van der Waals surface area contributed by atoms with Crippen LogP contribution in [-0.2, 0) is 9.53 Å². The van der Waals surface area contributed by atoms with Crippen LogP contribution in [-0.4, -0.2) is 58.8 Å². The van der Waals surface area contributed by atoms with Gasteiger partial charge in [0.15, 0.2) is 5.82 Å². The summed E-state index contributed by atoms with van der Waals surface area (Å²) in [6.07, 6.45) is 3.51. The van der Waals surface area contributed by atoms with E-state index in [1.54, 1.807) is 0 Å². The molecule has 0 aliphatic carbocycles. The van der Waals surface area contributed by atoms with Crippen molar-refractivity contribution in [2.75, 3.05) is 32.1 Å². The monoisotopic (exact) mass is 315 g/mol. The van der Waals surface area contributed by atoms with E-state index in [-0.39, 0.29) is 5.97 Å². The largest absolute Gasteiger partial charge is 0.468 e. The number of piperidine rings is 1. The number of nitrogens with one attached hydrogen (secondary N) is 2. The normalized spacial score (nSPS) is 16.2. The van der Waals surface area contributed by atoms with E-state index in [9.17, 15) is 4.79 Å². The first-order valence-corrected chi connectivity index (χ1v) is 7.76. The molecular formula is C16H21N5O2. The number of methoxy groups -OCH3 is 1. The predicted octanol–water partition coefficient (Wildman–Crippen LogP) is 1.52. The van der Waals surface area contributed by atoms with Crippen LogP contribution in [0.15, 0.2) is 30.6 Å². The Morgan fingerprint density at radius 2 is 2.26 bits per heavy atom. The molecule has 122 valence electrons. The highest BCUT2D eigenvalue weighted by atomic mass is 16.5. The number of benzene rings is 1. The van der Waals surface area contributed by atoms with Gasteiger partial charge in [-0.25, -0.2) is 4.98 Å². The van der Waals surface area contributed by atoms with Gasteiger partial charge in [0.05, 0.1) is 13.7 Å². The average molecular weight is 315 g/mol. The van der Waals surface area contributed by atoms with Crippen LogP contribution in [0.25, 0.3) is 11.4 Å². The number of rotatable bonds is 5. The Morgan fingerprint density at radius 1 is 1.43 bits per heavy atom. The number of hydrogen-bond acceptors (Lipinski definition) is 6. The van der Waals surface area contributed by atoms with Crippen molar-refractivity contribution in [3.8, 4) is 11.4 Å². The second-order valence-electron chi connectivity index (χ2n) is 5.69. The first kappa shape index (κ1) is 15.5. The van der Waals surface area contributed by atoms with E-state index in [4.69, 9.17) is 4.74 Å². The SMILES string of the molecule is COC(=O)CN1CCC(Nc2cccc(-c3ncn[nH]3)c2)CC1. The lowest BCUT2D eigenvalue weighted by Gasteiger charge is -2.32. The summed E-state index contributed by atoms with van der Waals surface area (Å²) in [5.74, 6) is 0.595. The Morgan fingerprint density at radius 3 is 2.96 bits per heavy atom. The van der Waals surface area contributed by atoms with Crippen molar-refractivity contribution < 1.29 is 9.53 Å². The number of H-pyrrole nitrogens is 1. The molecule has 7 nitrogen and oxygen atoms in total. The maximum Gasteiger partial charge on any atom is 0.319 e. The minimum absolute atomic E-state index is 0.170. The van der Waals surface area contributed by atoms with Gasteiger partial charge in [-0.15, -0.1) is 0 Å². The lowest BCUT2D eigenvalue weighted by molar-refractivity contribution is -0.142. The second-order valence-corrected chi connectivity index (χ2v) is 5.69. The van der Waals surface area contributed by atoms with E-state index in [1.165, 1.54) is 13.4 Å². The Balaban J connectivity index is 1.55. The molecule has 7 heteroatoms. The number of anilines is 1. The number of aromatic nitrogens is 3. The summed E-state index contributed by atoms with van der Waals surface area (Å²) in [5.41, 5.74) is 2.08. The Hall–Kier alpha value is -2.41. The van der Waals surface area contributed by atoms with E-state index in [0.29, 0.717) is 12.6 Å². The van der Waals surface area contributed by atoms with Crippen molar-refractivity contribution in [3.63, 3.8) is 0 Å². The topological polar surface area (TPSA) is 83.1 Å². The van der Waals surface area contributed by atoms with Crippen LogP contribution in [0, 0.1) is 0 Å². The molecule has 1 fully saturated rings. The maximum absolute atomic E-state index is 11.3. The number of carbonyl (C=O) groups is 1. The summed E-state index contributed by atoms with van der Waals surface area (Å²) in [4.78, 5) is 17.6. The van der Waals surface area contributed by atoms with Crippen LogP contribution in [0.1, 0.15) is 12.8 Å². The molecule has 3 rings (SSSR count). The molecular weight excluding hydrogens is 294 g/mol. The highest BCUT2D eigenvalue weighted by Gasteiger charge is 2.21. The van der Waals surface area contributed by atoms with E-state index in [0.717, 1.165) is 43.0 Å². The molecule has 0 bridgehead atoms. The standard InChI is InChI=1S/C16H21N5O2/c1-23-15(22)10-21-7-5-13(6-8-21)19-14-4-2-3-12(9-14)16-17-11-18-20-16/h2-4,9,11,13,19H,5-8,10H2,1H3,(H,17,18,20). The highest BCUT2D eigenvalue weighted by molar-refractivity contribution is 5.71. The molecule has 0 spiro atoms. The third-order valence-electron chi connectivity index (χ3n) is 4.09. The van der Waals surface area contributed by atoms with Crippen molar-refractivity contribution in [2.45, 2.75) is 18.9 Å². The van der Waals surface area contributed by atoms with Gasteiger partial charge in [-0.3, -0.25) is 14.8 Å². The number of aromatic amines is 1. The van der Waals surface area contributed by atoms with Gasteiger partial charge < -0.3 is 10.1 Å². The lowest BCUT2D eigenvalue weighted by Crippen LogP contribution is -2.41. The van der Waals surface area contributed by atoms with Crippen molar-refractivity contribution in [1.82, 2.24) is 20.1 Å². The summed E-state index contributed by atoms with van der Waals surface area (Å²) in [6.45, 7) is 2.17. The van der Waals surface area contributed by atoms with E-state index in [2.05, 4.69) is 37.5 Å². The summed E-state index contributed by atoms with van der Waals surface area (Å²) in [6, 6.07) is 8.55. The van der Waals surface area contributed by atoms with Gasteiger partial charge in [-0.1, -0.05) is 12.1 Å². The van der Waals surface area contributed by atoms with Crippen molar-refractivity contribution in [3.05, 3.63) is 30.6 Å². The summed E-state index contributed by atoms with van der Waals surface area (Å²) in [5, 5.41) is 10.3. The molecule has 23 heavy (non-hydrogen) atoms. The van der Waals surface area contributed by atoms with Gasteiger partial charge in [0.2, 0.25) is 0 Å². The van der Waals surface area contributed by atoms with Gasteiger partial charge >= 0.3 is 5.97 Å². The zero-order chi connectivity index (χ0) is 16.1. The third-order valence-corrected chi connectivity index (χ3v) is 4.09. The van der Waals surface area contributed by atoms with Crippen LogP contribution < -0.4 is 5.32 Å². The van der Waals surface area contributed by atoms with Gasteiger partial charge in [0, 0.05) is 30.4 Å². The Labute approximate surface area is 135 Å². The number of likely N-dealkylation sites (tertiary alicyclic amines) is 1.